The molecule has 0 atom stereocenters. The standard InChI is InChI=1S/C8H14N4O/c1-2-6-7(9)11-5-12-8(6)10-3-4-13/h5,13H,2-4H2,1H3,(H3,9,10,11,12). The summed E-state index contributed by atoms with van der Waals surface area (Å²) in [6.07, 6.45) is 2.19. The van der Waals surface area contributed by atoms with E-state index < -0.39 is 0 Å². The minimum absolute atomic E-state index is 0.0765. The SMILES string of the molecule is CCc1c(N)ncnc1NCCO. The molecule has 72 valence electrons. The summed E-state index contributed by atoms with van der Waals surface area (Å²) in [4.78, 5) is 7.92. The molecule has 0 aliphatic carbocycles. The Morgan fingerprint density at radius 2 is 2.31 bits per heavy atom. The Bertz CT molecular complexity index is 277. The summed E-state index contributed by atoms with van der Waals surface area (Å²) in [6.45, 7) is 2.54. The minimum atomic E-state index is 0.0765. The Labute approximate surface area is 77.0 Å². The van der Waals surface area contributed by atoms with Crippen molar-refractivity contribution in [3.63, 3.8) is 0 Å². The van der Waals surface area contributed by atoms with E-state index in [4.69, 9.17) is 10.8 Å². The van der Waals surface area contributed by atoms with Gasteiger partial charge in [-0.05, 0) is 6.42 Å². The number of nitrogens with one attached hydrogen (secondary N) is 1. The summed E-state index contributed by atoms with van der Waals surface area (Å²) in [5.74, 6) is 1.21. The van der Waals surface area contributed by atoms with Crippen molar-refractivity contribution in [2.75, 3.05) is 24.2 Å². The lowest BCUT2D eigenvalue weighted by molar-refractivity contribution is 0.311. The van der Waals surface area contributed by atoms with E-state index in [1.54, 1.807) is 0 Å². The van der Waals surface area contributed by atoms with Gasteiger partial charge in [0.15, 0.2) is 0 Å². The molecule has 0 saturated heterocycles. The van der Waals surface area contributed by atoms with Crippen molar-refractivity contribution < 1.29 is 5.11 Å². The van der Waals surface area contributed by atoms with Gasteiger partial charge in [0.2, 0.25) is 0 Å². The molecule has 0 unspecified atom stereocenters. The predicted molar refractivity (Wildman–Crippen MR) is 51.4 cm³/mol. The number of rotatable bonds is 4. The van der Waals surface area contributed by atoms with Gasteiger partial charge in [0.25, 0.3) is 0 Å². The van der Waals surface area contributed by atoms with Crippen LogP contribution < -0.4 is 11.1 Å². The summed E-state index contributed by atoms with van der Waals surface area (Å²) < 4.78 is 0. The molecule has 0 saturated carbocycles. The number of aliphatic hydroxyl groups is 1. The first kappa shape index (κ1) is 9.73. The lowest BCUT2D eigenvalue weighted by Gasteiger charge is -2.09. The highest BCUT2D eigenvalue weighted by Crippen LogP contribution is 2.16. The molecule has 0 aromatic carbocycles. The van der Waals surface area contributed by atoms with Crippen molar-refractivity contribution in [2.45, 2.75) is 13.3 Å². The van der Waals surface area contributed by atoms with E-state index in [-0.39, 0.29) is 6.61 Å². The second-order valence-electron chi connectivity index (χ2n) is 2.59. The normalized spacial score (nSPS) is 10.0. The van der Waals surface area contributed by atoms with Gasteiger partial charge in [-0.25, -0.2) is 9.97 Å². The maximum atomic E-state index is 8.62. The highest BCUT2D eigenvalue weighted by Gasteiger charge is 2.05. The van der Waals surface area contributed by atoms with Crippen molar-refractivity contribution in [2.24, 2.45) is 0 Å². The Kier molecular flexibility index (Phi) is 3.45. The zero-order valence-electron chi connectivity index (χ0n) is 7.62. The fourth-order valence-corrected chi connectivity index (χ4v) is 1.10. The van der Waals surface area contributed by atoms with Gasteiger partial charge in [0.1, 0.15) is 18.0 Å². The van der Waals surface area contributed by atoms with Crippen LogP contribution in [-0.4, -0.2) is 28.2 Å². The van der Waals surface area contributed by atoms with Crippen molar-refractivity contribution in [3.05, 3.63) is 11.9 Å². The fraction of sp³-hybridized carbons (Fsp3) is 0.500. The van der Waals surface area contributed by atoms with Crippen LogP contribution in [0.1, 0.15) is 12.5 Å². The van der Waals surface area contributed by atoms with E-state index in [1.165, 1.54) is 6.33 Å². The maximum absolute atomic E-state index is 8.62. The van der Waals surface area contributed by atoms with Gasteiger partial charge >= 0.3 is 0 Å². The van der Waals surface area contributed by atoms with E-state index in [2.05, 4.69) is 15.3 Å². The van der Waals surface area contributed by atoms with Crippen molar-refractivity contribution in [1.82, 2.24) is 9.97 Å². The van der Waals surface area contributed by atoms with Gasteiger partial charge in [0, 0.05) is 12.1 Å². The van der Waals surface area contributed by atoms with Crippen LogP contribution in [-0.2, 0) is 6.42 Å². The zero-order chi connectivity index (χ0) is 9.68. The van der Waals surface area contributed by atoms with Crippen LogP contribution in [0, 0.1) is 0 Å². The first-order valence-corrected chi connectivity index (χ1v) is 4.23. The highest BCUT2D eigenvalue weighted by atomic mass is 16.3. The van der Waals surface area contributed by atoms with Crippen LogP contribution in [0.5, 0.6) is 0 Å². The second-order valence-corrected chi connectivity index (χ2v) is 2.59. The van der Waals surface area contributed by atoms with Gasteiger partial charge in [0.05, 0.1) is 6.61 Å². The lowest BCUT2D eigenvalue weighted by atomic mass is 10.2. The number of hydrogen-bond donors (Lipinski definition) is 3. The largest absolute Gasteiger partial charge is 0.395 e. The Morgan fingerprint density at radius 3 is 2.92 bits per heavy atom. The van der Waals surface area contributed by atoms with Gasteiger partial charge < -0.3 is 16.2 Å². The number of nitrogens with two attached hydrogens (primary N) is 1. The van der Waals surface area contributed by atoms with Gasteiger partial charge in [-0.1, -0.05) is 6.92 Å². The number of nitrogen functional groups attached to an aromatic ring is 1. The molecule has 4 N–H and O–H groups in total. The van der Waals surface area contributed by atoms with E-state index in [9.17, 15) is 0 Å². The van der Waals surface area contributed by atoms with E-state index in [1.807, 2.05) is 6.92 Å². The zero-order valence-corrected chi connectivity index (χ0v) is 7.62. The number of nitrogens with zero attached hydrogens (tertiary/aromatic N) is 2. The number of anilines is 2. The molecule has 0 amide bonds. The molecule has 0 aliphatic heterocycles. The maximum Gasteiger partial charge on any atom is 0.134 e. The third-order valence-electron chi connectivity index (χ3n) is 1.74. The molecule has 13 heavy (non-hydrogen) atoms. The third-order valence-corrected chi connectivity index (χ3v) is 1.74. The molecule has 0 radical (unpaired) electrons. The van der Waals surface area contributed by atoms with Crippen molar-refractivity contribution in [3.8, 4) is 0 Å². The van der Waals surface area contributed by atoms with Crippen LogP contribution in [0.25, 0.3) is 0 Å². The minimum Gasteiger partial charge on any atom is -0.395 e. The Morgan fingerprint density at radius 1 is 1.54 bits per heavy atom. The summed E-state index contributed by atoms with van der Waals surface area (Å²) >= 11 is 0. The van der Waals surface area contributed by atoms with Gasteiger partial charge in [-0.3, -0.25) is 0 Å². The summed E-state index contributed by atoms with van der Waals surface area (Å²) in [7, 11) is 0. The molecule has 5 nitrogen and oxygen atoms in total. The second kappa shape index (κ2) is 4.61. The fourth-order valence-electron chi connectivity index (χ4n) is 1.10. The Balaban J connectivity index is 2.85. The number of aliphatic hydroxyl groups excluding tert-OH is 1. The van der Waals surface area contributed by atoms with Crippen molar-refractivity contribution in [1.29, 1.82) is 0 Å². The number of hydrogen-bond acceptors (Lipinski definition) is 5. The molecular formula is C8H14N4O. The van der Waals surface area contributed by atoms with Gasteiger partial charge in [-0.15, -0.1) is 0 Å². The highest BCUT2D eigenvalue weighted by molar-refractivity contribution is 5.54. The van der Waals surface area contributed by atoms with Crippen LogP contribution in [0.4, 0.5) is 11.6 Å². The lowest BCUT2D eigenvalue weighted by Crippen LogP contribution is -2.11. The summed E-state index contributed by atoms with van der Waals surface area (Å²) in [5, 5.41) is 11.6. The first-order valence-electron chi connectivity index (χ1n) is 4.23. The summed E-state index contributed by atoms with van der Waals surface area (Å²) in [6, 6.07) is 0. The monoisotopic (exact) mass is 182 g/mol. The van der Waals surface area contributed by atoms with Gasteiger partial charge in [-0.2, -0.15) is 0 Å². The quantitative estimate of drug-likeness (QED) is 0.611. The molecule has 1 aromatic heterocycles. The Hall–Kier alpha value is -1.36. The molecule has 1 aromatic rings. The molecule has 1 heterocycles. The summed E-state index contributed by atoms with van der Waals surface area (Å²) in [5.41, 5.74) is 6.55. The van der Waals surface area contributed by atoms with Crippen molar-refractivity contribution >= 4 is 11.6 Å². The van der Waals surface area contributed by atoms with Crippen LogP contribution in [0.2, 0.25) is 0 Å². The van der Waals surface area contributed by atoms with Crippen LogP contribution in [0.3, 0.4) is 0 Å². The topological polar surface area (TPSA) is 84.1 Å². The molecule has 0 spiro atoms. The smallest absolute Gasteiger partial charge is 0.134 e. The molecule has 0 aliphatic rings. The van der Waals surface area contributed by atoms with E-state index >= 15 is 0 Å². The predicted octanol–water partition coefficient (Wildman–Crippen LogP) is 0.0254. The molecule has 5 heteroatoms. The number of aromatic nitrogens is 2. The van der Waals surface area contributed by atoms with Crippen LogP contribution >= 0.6 is 0 Å². The molecular weight excluding hydrogens is 168 g/mol. The van der Waals surface area contributed by atoms with E-state index in [0.717, 1.165) is 12.0 Å². The molecule has 0 bridgehead atoms. The first-order chi connectivity index (χ1) is 6.29. The van der Waals surface area contributed by atoms with E-state index in [0.29, 0.717) is 18.2 Å². The van der Waals surface area contributed by atoms with Crippen LogP contribution in [0.15, 0.2) is 6.33 Å². The average Bonchev–Trinajstić information content (AvgIpc) is 2.15. The average molecular weight is 182 g/mol. The third kappa shape index (κ3) is 2.29. The molecule has 0 fully saturated rings. The molecule has 1 rings (SSSR count).